The molecule has 1 heterocycles. The van der Waals surface area contributed by atoms with Crippen molar-refractivity contribution in [2.24, 2.45) is 0 Å². The summed E-state index contributed by atoms with van der Waals surface area (Å²) < 4.78 is 5.34. The molecule has 2 aromatic rings. The lowest BCUT2D eigenvalue weighted by Gasteiger charge is -2.16. The van der Waals surface area contributed by atoms with Crippen LogP contribution >= 0.6 is 11.6 Å². The van der Waals surface area contributed by atoms with Gasteiger partial charge in [0.05, 0.1) is 27.9 Å². The molecule has 6 heteroatoms. The molecule has 1 unspecified atom stereocenters. The monoisotopic (exact) mass is 280 g/mol. The Morgan fingerprint density at radius 2 is 2.26 bits per heavy atom. The van der Waals surface area contributed by atoms with Gasteiger partial charge in [0.2, 0.25) is 0 Å². The van der Waals surface area contributed by atoms with Gasteiger partial charge in [-0.1, -0.05) is 18.5 Å². The van der Waals surface area contributed by atoms with Crippen LogP contribution in [0.5, 0.6) is 0 Å². The highest BCUT2D eigenvalue weighted by Crippen LogP contribution is 2.31. The van der Waals surface area contributed by atoms with E-state index in [9.17, 15) is 10.1 Å². The van der Waals surface area contributed by atoms with Gasteiger partial charge in [-0.25, -0.2) is 0 Å². The first-order chi connectivity index (χ1) is 9.11. The fraction of sp³-hybridized carbons (Fsp3) is 0.231. The normalized spacial score (nSPS) is 12.1. The number of furan rings is 1. The van der Waals surface area contributed by atoms with Crippen LogP contribution in [0.1, 0.15) is 25.1 Å². The number of nitro benzene ring substituents is 1. The summed E-state index contributed by atoms with van der Waals surface area (Å²) >= 11 is 6.05. The van der Waals surface area contributed by atoms with Crippen molar-refractivity contribution in [1.29, 1.82) is 0 Å². The van der Waals surface area contributed by atoms with Gasteiger partial charge in [0, 0.05) is 12.1 Å². The van der Waals surface area contributed by atoms with Crippen LogP contribution in [0.25, 0.3) is 0 Å². The maximum atomic E-state index is 10.8. The van der Waals surface area contributed by atoms with Crippen LogP contribution in [0.4, 0.5) is 11.4 Å². The number of benzene rings is 1. The minimum absolute atomic E-state index is 0.00111. The van der Waals surface area contributed by atoms with E-state index in [2.05, 4.69) is 5.32 Å². The van der Waals surface area contributed by atoms with Crippen LogP contribution in [-0.2, 0) is 0 Å². The Balaban J connectivity index is 2.26. The number of nitrogens with zero attached hydrogens (tertiary/aromatic N) is 1. The zero-order valence-electron chi connectivity index (χ0n) is 10.3. The zero-order valence-corrected chi connectivity index (χ0v) is 11.1. The molecule has 0 saturated heterocycles. The molecule has 0 bridgehead atoms. The number of anilines is 1. The predicted molar refractivity (Wildman–Crippen MR) is 73.5 cm³/mol. The Morgan fingerprint density at radius 1 is 1.47 bits per heavy atom. The third-order valence-corrected chi connectivity index (χ3v) is 3.11. The van der Waals surface area contributed by atoms with Crippen molar-refractivity contribution in [3.8, 4) is 0 Å². The van der Waals surface area contributed by atoms with Crippen molar-refractivity contribution in [2.45, 2.75) is 19.4 Å². The Kier molecular flexibility index (Phi) is 4.06. The lowest BCUT2D eigenvalue weighted by molar-refractivity contribution is -0.384. The molecule has 1 aromatic carbocycles. The van der Waals surface area contributed by atoms with E-state index in [0.717, 1.165) is 12.2 Å². The molecule has 100 valence electrons. The van der Waals surface area contributed by atoms with Gasteiger partial charge in [-0.05, 0) is 24.6 Å². The van der Waals surface area contributed by atoms with E-state index in [4.69, 9.17) is 16.0 Å². The Morgan fingerprint density at radius 3 is 2.84 bits per heavy atom. The van der Waals surface area contributed by atoms with Gasteiger partial charge < -0.3 is 9.73 Å². The van der Waals surface area contributed by atoms with Crippen molar-refractivity contribution in [3.63, 3.8) is 0 Å². The van der Waals surface area contributed by atoms with Crippen LogP contribution in [0, 0.1) is 10.1 Å². The van der Waals surface area contributed by atoms with Gasteiger partial charge in [-0.15, -0.1) is 0 Å². The van der Waals surface area contributed by atoms with Gasteiger partial charge in [0.15, 0.2) is 0 Å². The molecule has 0 amide bonds. The molecule has 0 spiro atoms. The average Bonchev–Trinajstić information content (AvgIpc) is 2.91. The number of rotatable bonds is 5. The van der Waals surface area contributed by atoms with E-state index >= 15 is 0 Å². The topological polar surface area (TPSA) is 68.3 Å². The summed E-state index contributed by atoms with van der Waals surface area (Å²) in [5.41, 5.74) is 0.528. The number of nitro groups is 1. The van der Waals surface area contributed by atoms with Crippen LogP contribution in [0.3, 0.4) is 0 Å². The number of nitrogens with one attached hydrogen (secondary N) is 1. The first-order valence-electron chi connectivity index (χ1n) is 5.85. The van der Waals surface area contributed by atoms with Gasteiger partial charge in [-0.2, -0.15) is 0 Å². The van der Waals surface area contributed by atoms with E-state index < -0.39 is 4.92 Å². The average molecular weight is 281 g/mol. The second-order valence-corrected chi connectivity index (χ2v) is 4.45. The molecule has 1 atom stereocenters. The smallest absolute Gasteiger partial charge is 0.271 e. The molecular formula is C13H13ClN2O3. The molecule has 0 aliphatic rings. The molecular weight excluding hydrogens is 268 g/mol. The molecule has 1 aromatic heterocycles. The Bertz CT molecular complexity index is 569. The van der Waals surface area contributed by atoms with Crippen molar-refractivity contribution in [1.82, 2.24) is 0 Å². The van der Waals surface area contributed by atoms with E-state index in [-0.39, 0.29) is 11.7 Å². The summed E-state index contributed by atoms with van der Waals surface area (Å²) in [4.78, 5) is 10.3. The number of hydrogen-bond acceptors (Lipinski definition) is 4. The van der Waals surface area contributed by atoms with Crippen molar-refractivity contribution in [3.05, 3.63) is 57.5 Å². The lowest BCUT2D eigenvalue weighted by Crippen LogP contribution is -2.09. The molecule has 0 saturated carbocycles. The highest BCUT2D eigenvalue weighted by atomic mass is 35.5. The highest BCUT2D eigenvalue weighted by molar-refractivity contribution is 6.33. The predicted octanol–water partition coefficient (Wildman–Crippen LogP) is 4.40. The Labute approximate surface area is 115 Å². The summed E-state index contributed by atoms with van der Waals surface area (Å²) in [6.07, 6.45) is 2.36. The van der Waals surface area contributed by atoms with E-state index in [1.807, 2.05) is 13.0 Å². The molecule has 1 N–H and O–H groups in total. The second kappa shape index (κ2) is 5.75. The molecule has 0 aliphatic heterocycles. The molecule has 2 rings (SSSR count). The SMILES string of the molecule is CCC(Nc1cc([N+](=O)[O-])ccc1Cl)c1ccco1. The van der Waals surface area contributed by atoms with E-state index in [1.54, 1.807) is 12.3 Å². The van der Waals surface area contributed by atoms with Gasteiger partial charge in [0.25, 0.3) is 5.69 Å². The minimum Gasteiger partial charge on any atom is -0.467 e. The quantitative estimate of drug-likeness (QED) is 0.651. The first kappa shape index (κ1) is 13.4. The molecule has 5 nitrogen and oxygen atoms in total. The van der Waals surface area contributed by atoms with Crippen LogP contribution in [0.2, 0.25) is 5.02 Å². The minimum atomic E-state index is -0.449. The van der Waals surface area contributed by atoms with Gasteiger partial charge >= 0.3 is 0 Å². The van der Waals surface area contributed by atoms with Gasteiger partial charge in [0.1, 0.15) is 5.76 Å². The van der Waals surface area contributed by atoms with Crippen molar-refractivity contribution in [2.75, 3.05) is 5.32 Å². The third-order valence-electron chi connectivity index (χ3n) is 2.79. The van der Waals surface area contributed by atoms with E-state index in [1.165, 1.54) is 18.2 Å². The second-order valence-electron chi connectivity index (χ2n) is 4.04. The maximum absolute atomic E-state index is 10.8. The van der Waals surface area contributed by atoms with Crippen molar-refractivity contribution >= 4 is 23.0 Å². The molecule has 19 heavy (non-hydrogen) atoms. The van der Waals surface area contributed by atoms with E-state index in [0.29, 0.717) is 10.7 Å². The standard InChI is InChI=1S/C13H13ClN2O3/c1-2-11(13-4-3-7-19-13)15-12-8-9(16(17)18)5-6-10(12)14/h3-8,11,15H,2H2,1H3. The maximum Gasteiger partial charge on any atom is 0.271 e. The third kappa shape index (κ3) is 3.06. The summed E-state index contributed by atoms with van der Waals surface area (Å²) in [6, 6.07) is 7.89. The van der Waals surface area contributed by atoms with Crippen LogP contribution in [0.15, 0.2) is 41.0 Å². The van der Waals surface area contributed by atoms with Gasteiger partial charge in [-0.3, -0.25) is 10.1 Å². The largest absolute Gasteiger partial charge is 0.467 e. The molecule has 0 fully saturated rings. The first-order valence-corrected chi connectivity index (χ1v) is 6.23. The number of halogens is 1. The molecule has 0 radical (unpaired) electrons. The Hall–Kier alpha value is -2.01. The summed E-state index contributed by atoms with van der Waals surface area (Å²) in [6.45, 7) is 1.99. The lowest BCUT2D eigenvalue weighted by atomic mass is 10.1. The number of non-ortho nitro benzene ring substituents is 1. The summed E-state index contributed by atoms with van der Waals surface area (Å²) in [7, 11) is 0. The molecule has 0 aliphatic carbocycles. The fourth-order valence-electron chi connectivity index (χ4n) is 1.79. The summed E-state index contributed by atoms with van der Waals surface area (Å²) in [5, 5.41) is 14.4. The summed E-state index contributed by atoms with van der Waals surface area (Å²) in [5.74, 6) is 0.769. The van der Waals surface area contributed by atoms with Crippen LogP contribution < -0.4 is 5.32 Å². The van der Waals surface area contributed by atoms with Crippen LogP contribution in [-0.4, -0.2) is 4.92 Å². The highest BCUT2D eigenvalue weighted by Gasteiger charge is 2.16. The number of hydrogen-bond donors (Lipinski definition) is 1. The fourth-order valence-corrected chi connectivity index (χ4v) is 1.96. The zero-order chi connectivity index (χ0) is 13.8. The van der Waals surface area contributed by atoms with Crippen molar-refractivity contribution < 1.29 is 9.34 Å².